The molecule has 0 N–H and O–H groups in total. The predicted octanol–water partition coefficient (Wildman–Crippen LogP) is 2.84. The quantitative estimate of drug-likeness (QED) is 0.731. The van der Waals surface area contributed by atoms with E-state index in [9.17, 15) is 0 Å². The Balaban J connectivity index is 1.89. The molecule has 0 aromatic carbocycles. The number of halogens is 1. The number of epoxide rings is 1. The van der Waals surface area contributed by atoms with E-state index >= 15 is 0 Å². The second kappa shape index (κ2) is 3.25. The average Bonchev–Trinajstić information content (AvgIpc) is 2.73. The number of rotatable bonds is 3. The van der Waals surface area contributed by atoms with E-state index in [1.165, 1.54) is 15.8 Å². The average molecular weight is 233 g/mol. The first-order valence-electron chi connectivity index (χ1n) is 3.70. The summed E-state index contributed by atoms with van der Waals surface area (Å²) in [6, 6.07) is 2.10. The van der Waals surface area contributed by atoms with Gasteiger partial charge in [-0.15, -0.1) is 11.3 Å². The molecular weight excluding hydrogens is 224 g/mol. The lowest BCUT2D eigenvalue weighted by atomic mass is 10.2. The lowest BCUT2D eigenvalue weighted by Gasteiger charge is -1.94. The zero-order valence-electron chi connectivity index (χ0n) is 6.05. The third-order valence-corrected chi connectivity index (χ3v) is 3.77. The van der Waals surface area contributed by atoms with Gasteiger partial charge in [-0.05, 0) is 40.2 Å². The van der Waals surface area contributed by atoms with Crippen LogP contribution in [-0.4, -0.2) is 12.7 Å². The highest BCUT2D eigenvalue weighted by molar-refractivity contribution is 9.10. The minimum absolute atomic E-state index is 0.559. The minimum atomic E-state index is 0.559. The molecule has 1 aliphatic rings. The highest BCUT2D eigenvalue weighted by Crippen LogP contribution is 2.26. The summed E-state index contributed by atoms with van der Waals surface area (Å²) in [6.07, 6.45) is 2.89. The molecule has 1 aromatic rings. The SMILES string of the molecule is Brc1ccsc1CCC1CO1. The molecule has 0 spiro atoms. The molecule has 0 amide bonds. The van der Waals surface area contributed by atoms with Gasteiger partial charge in [-0.1, -0.05) is 0 Å². The van der Waals surface area contributed by atoms with Crippen molar-refractivity contribution in [3.8, 4) is 0 Å². The Morgan fingerprint density at radius 1 is 1.73 bits per heavy atom. The van der Waals surface area contributed by atoms with Crippen LogP contribution in [0.15, 0.2) is 15.9 Å². The van der Waals surface area contributed by atoms with Crippen molar-refractivity contribution in [2.45, 2.75) is 18.9 Å². The third-order valence-electron chi connectivity index (χ3n) is 1.79. The molecule has 1 fully saturated rings. The van der Waals surface area contributed by atoms with Crippen molar-refractivity contribution in [2.75, 3.05) is 6.61 Å². The molecule has 0 bridgehead atoms. The second-order valence-electron chi connectivity index (χ2n) is 2.69. The molecule has 3 heteroatoms. The number of aryl methyl sites for hydroxylation is 1. The van der Waals surface area contributed by atoms with E-state index in [0.29, 0.717) is 6.10 Å². The smallest absolute Gasteiger partial charge is 0.0813 e. The van der Waals surface area contributed by atoms with Crippen molar-refractivity contribution in [3.63, 3.8) is 0 Å². The summed E-state index contributed by atoms with van der Waals surface area (Å²) >= 11 is 5.32. The van der Waals surface area contributed by atoms with Crippen molar-refractivity contribution < 1.29 is 4.74 Å². The van der Waals surface area contributed by atoms with Crippen molar-refractivity contribution in [1.29, 1.82) is 0 Å². The van der Waals surface area contributed by atoms with Gasteiger partial charge in [0.2, 0.25) is 0 Å². The fourth-order valence-electron chi connectivity index (χ4n) is 1.03. The molecule has 1 unspecified atom stereocenters. The van der Waals surface area contributed by atoms with Crippen molar-refractivity contribution in [3.05, 3.63) is 20.8 Å². The van der Waals surface area contributed by atoms with E-state index < -0.39 is 0 Å². The van der Waals surface area contributed by atoms with Gasteiger partial charge < -0.3 is 4.74 Å². The molecule has 1 nitrogen and oxygen atoms in total. The Bertz CT molecular complexity index is 242. The summed E-state index contributed by atoms with van der Waals surface area (Å²) in [5.74, 6) is 0. The largest absolute Gasteiger partial charge is 0.373 e. The Morgan fingerprint density at radius 2 is 2.55 bits per heavy atom. The van der Waals surface area contributed by atoms with Gasteiger partial charge in [-0.2, -0.15) is 0 Å². The van der Waals surface area contributed by atoms with E-state index in [-0.39, 0.29) is 0 Å². The van der Waals surface area contributed by atoms with Crippen LogP contribution in [0.5, 0.6) is 0 Å². The summed E-state index contributed by atoms with van der Waals surface area (Å²) in [4.78, 5) is 1.44. The predicted molar refractivity (Wildman–Crippen MR) is 50.1 cm³/mol. The maximum Gasteiger partial charge on any atom is 0.0813 e. The molecule has 1 aromatic heterocycles. The number of hydrogen-bond acceptors (Lipinski definition) is 2. The van der Waals surface area contributed by atoms with Gasteiger partial charge in [-0.3, -0.25) is 0 Å². The number of thiophene rings is 1. The Hall–Kier alpha value is 0.140. The van der Waals surface area contributed by atoms with Gasteiger partial charge in [0.05, 0.1) is 12.7 Å². The van der Waals surface area contributed by atoms with Crippen LogP contribution in [0, 0.1) is 0 Å². The molecular formula is C8H9BrOS. The fourth-order valence-corrected chi connectivity index (χ4v) is 2.60. The topological polar surface area (TPSA) is 12.5 Å². The van der Waals surface area contributed by atoms with E-state index in [1.807, 2.05) is 11.3 Å². The van der Waals surface area contributed by atoms with Gasteiger partial charge in [0.25, 0.3) is 0 Å². The lowest BCUT2D eigenvalue weighted by molar-refractivity contribution is 0.397. The van der Waals surface area contributed by atoms with Crippen molar-refractivity contribution in [1.82, 2.24) is 0 Å². The van der Waals surface area contributed by atoms with Crippen molar-refractivity contribution in [2.24, 2.45) is 0 Å². The molecule has 11 heavy (non-hydrogen) atoms. The van der Waals surface area contributed by atoms with Gasteiger partial charge in [0.15, 0.2) is 0 Å². The number of ether oxygens (including phenoxy) is 1. The van der Waals surface area contributed by atoms with Crippen LogP contribution in [0.25, 0.3) is 0 Å². The van der Waals surface area contributed by atoms with Crippen LogP contribution in [0.3, 0.4) is 0 Å². The van der Waals surface area contributed by atoms with Gasteiger partial charge in [0, 0.05) is 9.35 Å². The molecule has 0 radical (unpaired) electrons. The molecule has 0 saturated carbocycles. The van der Waals surface area contributed by atoms with E-state index in [4.69, 9.17) is 4.74 Å². The molecule has 2 heterocycles. The molecule has 2 rings (SSSR count). The third kappa shape index (κ3) is 2.04. The van der Waals surface area contributed by atoms with E-state index in [1.54, 1.807) is 0 Å². The summed E-state index contributed by atoms with van der Waals surface area (Å²) in [7, 11) is 0. The maximum absolute atomic E-state index is 5.14. The zero-order valence-corrected chi connectivity index (χ0v) is 8.45. The summed E-state index contributed by atoms with van der Waals surface area (Å²) < 4.78 is 6.39. The molecule has 1 atom stereocenters. The normalized spacial score (nSPS) is 22.1. The highest BCUT2D eigenvalue weighted by atomic mass is 79.9. The molecule has 1 aliphatic heterocycles. The Labute approximate surface area is 78.5 Å². The van der Waals surface area contributed by atoms with E-state index in [0.717, 1.165) is 13.0 Å². The number of hydrogen-bond donors (Lipinski definition) is 0. The van der Waals surface area contributed by atoms with Crippen molar-refractivity contribution >= 4 is 27.3 Å². The van der Waals surface area contributed by atoms with Crippen LogP contribution < -0.4 is 0 Å². The first-order chi connectivity index (χ1) is 5.36. The van der Waals surface area contributed by atoms with Gasteiger partial charge in [0.1, 0.15) is 0 Å². The van der Waals surface area contributed by atoms with Crippen LogP contribution >= 0.6 is 27.3 Å². The van der Waals surface area contributed by atoms with Crippen LogP contribution in [-0.2, 0) is 11.2 Å². The fraction of sp³-hybridized carbons (Fsp3) is 0.500. The summed E-state index contributed by atoms with van der Waals surface area (Å²) in [5.41, 5.74) is 0. The Morgan fingerprint density at radius 3 is 3.09 bits per heavy atom. The summed E-state index contributed by atoms with van der Waals surface area (Å²) in [6.45, 7) is 0.975. The second-order valence-corrected chi connectivity index (χ2v) is 4.54. The summed E-state index contributed by atoms with van der Waals surface area (Å²) in [5, 5.41) is 2.12. The van der Waals surface area contributed by atoms with Crippen LogP contribution in [0.1, 0.15) is 11.3 Å². The lowest BCUT2D eigenvalue weighted by Crippen LogP contribution is -1.88. The van der Waals surface area contributed by atoms with E-state index in [2.05, 4.69) is 27.4 Å². The molecule has 0 aliphatic carbocycles. The zero-order chi connectivity index (χ0) is 7.68. The standard InChI is InChI=1S/C8H9BrOS/c9-7-3-4-11-8(7)2-1-6-5-10-6/h3-4,6H,1-2,5H2. The maximum atomic E-state index is 5.14. The van der Waals surface area contributed by atoms with Gasteiger partial charge in [-0.25, -0.2) is 0 Å². The monoisotopic (exact) mass is 232 g/mol. The molecule has 60 valence electrons. The van der Waals surface area contributed by atoms with Crippen LogP contribution in [0.2, 0.25) is 0 Å². The first kappa shape index (κ1) is 7.77. The Kier molecular flexibility index (Phi) is 2.30. The first-order valence-corrected chi connectivity index (χ1v) is 5.37. The van der Waals surface area contributed by atoms with Crippen LogP contribution in [0.4, 0.5) is 0 Å². The van der Waals surface area contributed by atoms with Gasteiger partial charge >= 0.3 is 0 Å². The minimum Gasteiger partial charge on any atom is -0.373 e. The molecule has 1 saturated heterocycles. The highest BCUT2D eigenvalue weighted by Gasteiger charge is 2.22.